The van der Waals surface area contributed by atoms with Crippen molar-refractivity contribution in [2.75, 3.05) is 45.9 Å². The average molecular weight is 1290 g/mol. The average Bonchev–Trinajstić information content (AvgIpc) is 1.74. The van der Waals surface area contributed by atoms with Crippen LogP contribution in [-0.2, 0) is 67.2 Å². The Morgan fingerprint density at radius 2 is 1.07 bits per heavy atom. The highest BCUT2D eigenvalue weighted by atomic mass is 32.1. The number of nitrogens with one attached hydrogen (secondary N) is 7. The summed E-state index contributed by atoms with van der Waals surface area (Å²) in [6, 6.07) is 3.33. The van der Waals surface area contributed by atoms with Crippen molar-refractivity contribution in [3.63, 3.8) is 0 Å². The van der Waals surface area contributed by atoms with Gasteiger partial charge in [-0.05, 0) is 79.8 Å². The monoisotopic (exact) mass is 1290 g/mol. The summed E-state index contributed by atoms with van der Waals surface area (Å²) in [5.41, 5.74) is 39.2. The van der Waals surface area contributed by atoms with Gasteiger partial charge in [0.1, 0.15) is 48.3 Å². The second-order valence-corrected chi connectivity index (χ2v) is 23.5. The number of nitrogens with zero attached hydrogens (tertiary/aromatic N) is 5. The van der Waals surface area contributed by atoms with Crippen LogP contribution in [0.3, 0.4) is 0 Å². The number of hydrogen-bond donors (Lipinski definition) is 17. The first-order valence-corrected chi connectivity index (χ1v) is 30.9. The Bertz CT molecular complexity index is 2980. The molecule has 1 aromatic carbocycles. The van der Waals surface area contributed by atoms with Crippen molar-refractivity contribution in [1.29, 1.82) is 0 Å². The zero-order valence-electron chi connectivity index (χ0n) is 49.6. The fraction of sp³-hybridized carbons (Fsp3) is 0.518. The van der Waals surface area contributed by atoms with Gasteiger partial charge in [-0.2, -0.15) is 0 Å². The standard InChI is InChI=1S/C56H83N19O13S2/c57-35(14-4-18-64-54(58)59)45(79)69-36(15-5-19-65-55(60)61)51(85)74-21-7-17-42(74)52(86)75-29-32(77)25-43(75)50(84)67-28-44(78)68-39(26-33-12-8-22-89-33)47(81)73-41(30-76)49(83)71-38(24-31-10-2-1-3-11-31)46(80)72-40(27-34-13-9-23-90-34)48(82)70-37(53(87)88)16-6-20-66-56(62)63/h1-3,8-13,22-23,32,35-43,76-77H,4-7,14-21,24-30,57H2,(H,67,84)(H,68,78)(H,69,79)(H,70,82)(H,71,83)(H,72,80)(H,73,81)(H,87,88)(H4,58,59,64)(H4,60,61,65)(H4,62,63,66)/t32-,35-,36+,37+,38-,39+,40+,41+,42+,43+/m1/s1. The van der Waals surface area contributed by atoms with E-state index in [1.54, 1.807) is 65.4 Å². The zero-order chi connectivity index (χ0) is 65.9. The van der Waals surface area contributed by atoms with Gasteiger partial charge < -0.3 is 102 Å². The predicted molar refractivity (Wildman–Crippen MR) is 334 cm³/mol. The minimum Gasteiger partial charge on any atom is -0.480 e. The largest absolute Gasteiger partial charge is 0.480 e. The molecule has 90 heavy (non-hydrogen) atoms. The molecule has 2 fully saturated rings. The number of benzene rings is 1. The molecule has 0 unspecified atom stereocenters. The predicted octanol–water partition coefficient (Wildman–Crippen LogP) is -5.62. The van der Waals surface area contributed by atoms with Crippen molar-refractivity contribution in [2.45, 2.75) is 138 Å². The molecule has 0 bridgehead atoms. The normalized spacial score (nSPS) is 17.5. The van der Waals surface area contributed by atoms with Gasteiger partial charge in [-0.1, -0.05) is 42.5 Å². The zero-order valence-corrected chi connectivity index (χ0v) is 51.2. The Morgan fingerprint density at radius 1 is 0.578 bits per heavy atom. The summed E-state index contributed by atoms with van der Waals surface area (Å²) in [5, 5.41) is 52.7. The number of thiophene rings is 2. The molecule has 3 aromatic rings. The molecule has 4 heterocycles. The van der Waals surface area contributed by atoms with Crippen molar-refractivity contribution in [3.8, 4) is 0 Å². The molecule has 0 aliphatic carbocycles. The summed E-state index contributed by atoms with van der Waals surface area (Å²) in [5.74, 6) is -9.17. The molecule has 0 spiro atoms. The van der Waals surface area contributed by atoms with E-state index in [1.165, 1.54) is 27.6 Å². The van der Waals surface area contributed by atoms with Gasteiger partial charge in [0.05, 0.1) is 25.3 Å². The lowest BCUT2D eigenvalue weighted by atomic mass is 10.0. The van der Waals surface area contributed by atoms with Crippen LogP contribution in [0.25, 0.3) is 0 Å². The van der Waals surface area contributed by atoms with E-state index in [-0.39, 0.29) is 115 Å². The van der Waals surface area contributed by atoms with Crippen LogP contribution in [0.4, 0.5) is 0 Å². The number of likely N-dealkylation sites (tertiary alicyclic amines) is 2. The van der Waals surface area contributed by atoms with E-state index in [0.29, 0.717) is 28.2 Å². The number of aliphatic hydroxyl groups is 2. The number of carboxylic acid groups (broad SMARTS) is 1. The topological polar surface area (TPSA) is 541 Å². The maximum Gasteiger partial charge on any atom is 0.326 e. The van der Waals surface area contributed by atoms with E-state index in [2.05, 4.69) is 52.2 Å². The van der Waals surface area contributed by atoms with Crippen LogP contribution in [-0.4, -0.2) is 208 Å². The van der Waals surface area contributed by atoms with Gasteiger partial charge in [-0.25, -0.2) is 4.79 Å². The van der Waals surface area contributed by atoms with Crippen molar-refractivity contribution in [1.82, 2.24) is 47.0 Å². The number of carboxylic acids is 1. The minimum absolute atomic E-state index is 0.0584. The fourth-order valence-electron chi connectivity index (χ4n) is 9.99. The molecule has 2 aliphatic rings. The Hall–Kier alpha value is -8.99. The molecule has 2 saturated heterocycles. The molecule has 10 atom stereocenters. The van der Waals surface area contributed by atoms with Gasteiger partial charge in [-0.15, -0.1) is 22.7 Å². The lowest BCUT2D eigenvalue weighted by Gasteiger charge is -2.33. The van der Waals surface area contributed by atoms with Crippen molar-refractivity contribution < 1.29 is 63.3 Å². The Balaban J connectivity index is 1.25. The second-order valence-electron chi connectivity index (χ2n) is 21.5. The second kappa shape index (κ2) is 36.5. The number of carbonyl (C=O) groups excluding carboxylic acids is 9. The quantitative estimate of drug-likeness (QED) is 0.0147. The molecule has 2 aliphatic heterocycles. The van der Waals surface area contributed by atoms with E-state index in [1.807, 2.05) is 0 Å². The smallest absolute Gasteiger partial charge is 0.326 e. The fourth-order valence-corrected chi connectivity index (χ4v) is 11.5. The number of nitrogens with two attached hydrogens (primary N) is 7. The van der Waals surface area contributed by atoms with Crippen LogP contribution in [0.15, 0.2) is 80.3 Å². The molecule has 0 radical (unpaired) electrons. The number of guanidine groups is 3. The summed E-state index contributed by atoms with van der Waals surface area (Å²) >= 11 is 2.53. The molecule has 34 heteroatoms. The molecule has 9 amide bonds. The van der Waals surface area contributed by atoms with Crippen LogP contribution in [0, 0.1) is 0 Å². The van der Waals surface area contributed by atoms with E-state index < -0.39 is 133 Å². The molecule has 24 N–H and O–H groups in total. The highest BCUT2D eigenvalue weighted by Gasteiger charge is 2.46. The molecule has 5 rings (SSSR count). The summed E-state index contributed by atoms with van der Waals surface area (Å²) < 4.78 is 0. The van der Waals surface area contributed by atoms with Crippen molar-refractivity contribution in [2.24, 2.45) is 55.1 Å². The molecular weight excluding hydrogens is 1210 g/mol. The lowest BCUT2D eigenvalue weighted by Crippen LogP contribution is -2.60. The summed E-state index contributed by atoms with van der Waals surface area (Å²) in [7, 11) is 0. The molecule has 32 nitrogen and oxygen atoms in total. The number of hydrogen-bond acceptors (Lipinski definition) is 18. The van der Waals surface area contributed by atoms with E-state index in [0.717, 1.165) is 4.90 Å². The number of aliphatic hydroxyl groups excluding tert-OH is 2. The van der Waals surface area contributed by atoms with Gasteiger partial charge in [0.2, 0.25) is 53.2 Å². The van der Waals surface area contributed by atoms with Crippen molar-refractivity contribution >= 4 is 99.7 Å². The van der Waals surface area contributed by atoms with Crippen LogP contribution in [0.5, 0.6) is 0 Å². The van der Waals surface area contributed by atoms with E-state index in [9.17, 15) is 63.3 Å². The highest BCUT2D eigenvalue weighted by Crippen LogP contribution is 2.27. The van der Waals surface area contributed by atoms with Crippen LogP contribution < -0.4 is 77.4 Å². The maximum absolute atomic E-state index is 14.4. The third kappa shape index (κ3) is 23.5. The third-order valence-electron chi connectivity index (χ3n) is 14.5. The molecule has 0 saturated carbocycles. The van der Waals surface area contributed by atoms with E-state index in [4.69, 9.17) is 40.1 Å². The number of amides is 9. The Morgan fingerprint density at radius 3 is 1.59 bits per heavy atom. The number of aliphatic imine (C=N–C) groups is 3. The minimum atomic E-state index is -1.73. The number of aliphatic carboxylic acids is 1. The Labute approximate surface area is 527 Å². The Kier molecular flexibility index (Phi) is 29.1. The van der Waals surface area contributed by atoms with E-state index >= 15 is 0 Å². The van der Waals surface area contributed by atoms with Crippen LogP contribution in [0.2, 0.25) is 0 Å². The lowest BCUT2D eigenvalue weighted by molar-refractivity contribution is -0.148. The third-order valence-corrected chi connectivity index (χ3v) is 16.3. The van der Waals surface area contributed by atoms with Gasteiger partial charge in [0.25, 0.3) is 0 Å². The van der Waals surface area contributed by atoms with Gasteiger partial charge in [-0.3, -0.25) is 58.1 Å². The number of rotatable bonds is 36. The van der Waals surface area contributed by atoms with Crippen molar-refractivity contribution in [3.05, 3.63) is 80.7 Å². The molecule has 2 aromatic heterocycles. The number of β-amino-alcohol motifs (C(OH)–C–C–N with tert-alkyl or cyclic N) is 1. The van der Waals surface area contributed by atoms with Crippen LogP contribution in [0.1, 0.15) is 73.1 Å². The van der Waals surface area contributed by atoms with Gasteiger partial charge in [0, 0.05) is 68.2 Å². The first-order chi connectivity index (χ1) is 42.9. The van der Waals surface area contributed by atoms with Gasteiger partial charge >= 0.3 is 5.97 Å². The maximum atomic E-state index is 14.4. The highest BCUT2D eigenvalue weighted by molar-refractivity contribution is 7.10. The first kappa shape index (κ1) is 71.8. The molecular formula is C56H83N19O13S2. The summed E-state index contributed by atoms with van der Waals surface area (Å²) in [4.78, 5) is 154. The SMILES string of the molecule is NC(N)=NCCC[C@@H](N)C(=O)N[C@@H](CCCN=C(N)N)C(=O)N1CCC[C@H]1C(=O)N1C[C@H](O)C[C@H]1C(=O)NCC(=O)N[C@@H](Cc1cccs1)C(=O)N[C@@H](CO)C(=O)N[C@H](Cc1ccccc1)C(=O)N[C@@H](Cc1cccs1)C(=O)N[C@@H](CCCN=C(N)N)C(=O)O. The summed E-state index contributed by atoms with van der Waals surface area (Å²) in [6.07, 6.45) is -0.182. The first-order valence-electron chi connectivity index (χ1n) is 29.2. The van der Waals surface area contributed by atoms with Gasteiger partial charge in [0.15, 0.2) is 17.9 Å². The number of carbonyl (C=O) groups is 10. The van der Waals surface area contributed by atoms with Crippen LogP contribution >= 0.6 is 22.7 Å². The summed E-state index contributed by atoms with van der Waals surface area (Å²) in [6.45, 7) is -1.48. The molecule has 492 valence electrons.